The van der Waals surface area contributed by atoms with Crippen molar-refractivity contribution in [1.82, 2.24) is 10.2 Å². The Bertz CT molecular complexity index is 240. The van der Waals surface area contributed by atoms with Crippen molar-refractivity contribution < 1.29 is 4.79 Å². The van der Waals surface area contributed by atoms with Gasteiger partial charge in [0, 0.05) is 31.6 Å². The Balaban J connectivity index is 2.21. The van der Waals surface area contributed by atoms with Crippen molar-refractivity contribution in [1.29, 1.82) is 0 Å². The molecule has 1 amide bonds. The minimum Gasteiger partial charge on any atom is -0.341 e. The molecule has 0 aromatic rings. The number of carbonyl (C=O) groups is 1. The van der Waals surface area contributed by atoms with Gasteiger partial charge in [-0.1, -0.05) is 6.08 Å². The second kappa shape index (κ2) is 6.69. The van der Waals surface area contributed by atoms with Crippen LogP contribution in [0.25, 0.3) is 0 Å². The predicted octanol–water partition coefficient (Wildman–Crippen LogP) is 1.94. The first-order chi connectivity index (χ1) is 7.63. The van der Waals surface area contributed by atoms with Crippen LogP contribution < -0.4 is 5.32 Å². The van der Waals surface area contributed by atoms with Gasteiger partial charge >= 0.3 is 0 Å². The molecule has 1 N–H and O–H groups in total. The van der Waals surface area contributed by atoms with Gasteiger partial charge < -0.3 is 10.2 Å². The van der Waals surface area contributed by atoms with Gasteiger partial charge in [0.25, 0.3) is 0 Å². The van der Waals surface area contributed by atoms with E-state index in [4.69, 9.17) is 0 Å². The van der Waals surface area contributed by atoms with Crippen LogP contribution in [0.3, 0.4) is 0 Å². The highest BCUT2D eigenvalue weighted by molar-refractivity contribution is 5.78. The van der Waals surface area contributed by atoms with E-state index in [0.717, 1.165) is 38.8 Å². The number of nitrogens with zero attached hydrogens (tertiary/aromatic N) is 1. The lowest BCUT2D eigenvalue weighted by Crippen LogP contribution is -2.43. The number of amides is 1. The third kappa shape index (κ3) is 4.35. The molecule has 0 aromatic carbocycles. The van der Waals surface area contributed by atoms with Gasteiger partial charge in [0.05, 0.1) is 0 Å². The molecular formula is C13H24N2O. The molecule has 2 unspecified atom stereocenters. The maximum Gasteiger partial charge on any atom is 0.222 e. The third-order valence-corrected chi connectivity index (χ3v) is 3.04. The summed E-state index contributed by atoms with van der Waals surface area (Å²) in [6.07, 6.45) is 5.87. The molecule has 3 heteroatoms. The summed E-state index contributed by atoms with van der Waals surface area (Å²) in [4.78, 5) is 13.4. The van der Waals surface area contributed by atoms with Crippen LogP contribution in [0.1, 0.15) is 39.5 Å². The zero-order chi connectivity index (χ0) is 12.0. The van der Waals surface area contributed by atoms with Crippen LogP contribution in [0.4, 0.5) is 0 Å². The summed E-state index contributed by atoms with van der Waals surface area (Å²) in [7, 11) is 0. The molecule has 2 atom stereocenters. The van der Waals surface area contributed by atoms with E-state index in [1.54, 1.807) is 0 Å². The molecule has 1 saturated heterocycles. The number of rotatable bonds is 7. The van der Waals surface area contributed by atoms with Gasteiger partial charge in [-0.15, -0.1) is 6.58 Å². The Labute approximate surface area is 98.9 Å². The lowest BCUT2D eigenvalue weighted by Gasteiger charge is -2.24. The lowest BCUT2D eigenvalue weighted by atomic mass is 10.1. The fourth-order valence-electron chi connectivity index (χ4n) is 2.22. The number of allylic oxidation sites excluding steroid dienone is 1. The summed E-state index contributed by atoms with van der Waals surface area (Å²) in [6, 6.07) is 0.868. The summed E-state index contributed by atoms with van der Waals surface area (Å²) >= 11 is 0. The van der Waals surface area contributed by atoms with Crippen molar-refractivity contribution in [2.75, 3.05) is 13.1 Å². The van der Waals surface area contributed by atoms with Crippen LogP contribution in [0.2, 0.25) is 0 Å². The maximum absolute atomic E-state index is 11.5. The zero-order valence-corrected chi connectivity index (χ0v) is 10.5. The van der Waals surface area contributed by atoms with E-state index in [2.05, 4.69) is 25.7 Å². The fraction of sp³-hybridized carbons (Fsp3) is 0.769. The number of likely N-dealkylation sites (tertiary alicyclic amines) is 1. The van der Waals surface area contributed by atoms with E-state index in [1.165, 1.54) is 0 Å². The topological polar surface area (TPSA) is 32.3 Å². The van der Waals surface area contributed by atoms with E-state index in [-0.39, 0.29) is 0 Å². The number of hydrogen-bond donors (Lipinski definition) is 1. The van der Waals surface area contributed by atoms with E-state index in [1.807, 2.05) is 11.0 Å². The second-order valence-electron chi connectivity index (χ2n) is 4.78. The van der Waals surface area contributed by atoms with Gasteiger partial charge in [-0.3, -0.25) is 4.79 Å². The molecule has 0 saturated carbocycles. The Hall–Kier alpha value is -0.830. The van der Waals surface area contributed by atoms with Crippen LogP contribution >= 0.6 is 0 Å². The number of hydrogen-bond acceptors (Lipinski definition) is 2. The Morgan fingerprint density at radius 3 is 2.81 bits per heavy atom. The van der Waals surface area contributed by atoms with Gasteiger partial charge in [0.1, 0.15) is 0 Å². The van der Waals surface area contributed by atoms with Crippen LogP contribution in [-0.4, -0.2) is 36.0 Å². The smallest absolute Gasteiger partial charge is 0.222 e. The molecule has 1 heterocycles. The van der Waals surface area contributed by atoms with Crippen LogP contribution in [0.5, 0.6) is 0 Å². The molecule has 1 fully saturated rings. The molecular weight excluding hydrogens is 200 g/mol. The summed E-state index contributed by atoms with van der Waals surface area (Å²) in [5, 5.41) is 3.52. The first-order valence-corrected chi connectivity index (χ1v) is 6.28. The van der Waals surface area contributed by atoms with E-state index < -0.39 is 0 Å². The van der Waals surface area contributed by atoms with Crippen molar-refractivity contribution in [2.24, 2.45) is 0 Å². The average Bonchev–Trinajstić information content (AvgIpc) is 2.61. The van der Waals surface area contributed by atoms with Gasteiger partial charge in [-0.05, 0) is 33.1 Å². The summed E-state index contributed by atoms with van der Waals surface area (Å²) in [5.74, 6) is 0.312. The van der Waals surface area contributed by atoms with Crippen LogP contribution in [-0.2, 0) is 4.79 Å². The molecule has 1 aliphatic rings. The number of carbonyl (C=O) groups excluding carboxylic acids is 1. The Morgan fingerprint density at radius 1 is 1.50 bits per heavy atom. The molecule has 0 aliphatic carbocycles. The van der Waals surface area contributed by atoms with Crippen molar-refractivity contribution in [3.63, 3.8) is 0 Å². The molecule has 1 aliphatic heterocycles. The molecule has 0 spiro atoms. The maximum atomic E-state index is 11.5. The van der Waals surface area contributed by atoms with Gasteiger partial charge in [-0.25, -0.2) is 0 Å². The largest absolute Gasteiger partial charge is 0.341 e. The average molecular weight is 224 g/mol. The molecule has 16 heavy (non-hydrogen) atoms. The Morgan fingerprint density at radius 2 is 2.25 bits per heavy atom. The highest BCUT2D eigenvalue weighted by atomic mass is 16.2. The first-order valence-electron chi connectivity index (χ1n) is 6.28. The minimum absolute atomic E-state index is 0.312. The molecule has 1 rings (SSSR count). The summed E-state index contributed by atoms with van der Waals surface area (Å²) in [6.45, 7) is 9.84. The lowest BCUT2D eigenvalue weighted by molar-refractivity contribution is -0.127. The quantitative estimate of drug-likeness (QED) is 0.670. The zero-order valence-electron chi connectivity index (χ0n) is 10.5. The summed E-state index contributed by atoms with van der Waals surface area (Å²) in [5.41, 5.74) is 0. The van der Waals surface area contributed by atoms with Gasteiger partial charge in [-0.2, -0.15) is 0 Å². The van der Waals surface area contributed by atoms with Crippen LogP contribution in [0, 0.1) is 0 Å². The highest BCUT2D eigenvalue weighted by Crippen LogP contribution is 2.10. The summed E-state index contributed by atoms with van der Waals surface area (Å²) < 4.78 is 0. The monoisotopic (exact) mass is 224 g/mol. The van der Waals surface area contributed by atoms with E-state index >= 15 is 0 Å². The first kappa shape index (κ1) is 13.2. The van der Waals surface area contributed by atoms with Gasteiger partial charge in [0.15, 0.2) is 0 Å². The van der Waals surface area contributed by atoms with Crippen molar-refractivity contribution in [3.8, 4) is 0 Å². The van der Waals surface area contributed by atoms with Crippen molar-refractivity contribution in [3.05, 3.63) is 12.7 Å². The highest BCUT2D eigenvalue weighted by Gasteiger charge is 2.21. The van der Waals surface area contributed by atoms with Gasteiger partial charge in [0.2, 0.25) is 5.91 Å². The molecule has 3 nitrogen and oxygen atoms in total. The third-order valence-electron chi connectivity index (χ3n) is 3.04. The molecule has 92 valence electrons. The molecule has 0 radical (unpaired) electrons. The second-order valence-corrected chi connectivity index (χ2v) is 4.78. The van der Waals surface area contributed by atoms with E-state index in [9.17, 15) is 4.79 Å². The predicted molar refractivity (Wildman–Crippen MR) is 67.3 cm³/mol. The number of nitrogens with one attached hydrogen (secondary N) is 1. The normalized spacial score (nSPS) is 19.9. The Kier molecular flexibility index (Phi) is 5.53. The fourth-order valence-corrected chi connectivity index (χ4v) is 2.22. The standard InChI is InChI=1S/C13H24N2O/c1-4-5-7-11(2)14-12(3)10-15-9-6-8-13(15)16/h4,11-12,14H,1,5-10H2,2-3H3. The van der Waals surface area contributed by atoms with E-state index in [0.29, 0.717) is 18.0 Å². The SMILES string of the molecule is C=CCCC(C)NC(C)CN1CCCC1=O. The minimum atomic E-state index is 0.312. The van der Waals surface area contributed by atoms with Crippen molar-refractivity contribution >= 4 is 5.91 Å². The molecule has 0 aromatic heterocycles. The van der Waals surface area contributed by atoms with Crippen molar-refractivity contribution in [2.45, 2.75) is 51.6 Å². The molecule has 0 bridgehead atoms. The van der Waals surface area contributed by atoms with Crippen LogP contribution in [0.15, 0.2) is 12.7 Å².